The zero-order chi connectivity index (χ0) is 16.6. The summed E-state index contributed by atoms with van der Waals surface area (Å²) < 4.78 is 14.6. The number of aromatic nitrogens is 2. The van der Waals surface area contributed by atoms with Crippen molar-refractivity contribution in [2.45, 2.75) is 19.1 Å². The molecule has 1 amide bonds. The first kappa shape index (κ1) is 15.2. The molecule has 2 aliphatic rings. The molecule has 2 heterocycles. The molecule has 1 aliphatic heterocycles. The lowest BCUT2D eigenvalue weighted by molar-refractivity contribution is -0.126. The maximum Gasteiger partial charge on any atom is 0.289 e. The monoisotopic (exact) mass is 317 g/mol. The van der Waals surface area contributed by atoms with Crippen molar-refractivity contribution in [1.29, 1.82) is 0 Å². The standard InChI is InChI=1S/C16H16FN3O3/c1-19-9-12(15(22)16(19)23)14(21)13-6-7-18-20(13)8-10-2-4-11(17)5-3-10/h2-4,6-7,11,22H,5,8-9H2,1H3. The van der Waals surface area contributed by atoms with Gasteiger partial charge in [-0.05, 0) is 11.6 Å². The average Bonchev–Trinajstić information content (AvgIpc) is 3.09. The summed E-state index contributed by atoms with van der Waals surface area (Å²) in [5.41, 5.74) is 1.21. The SMILES string of the molecule is CN1CC(C(=O)c2ccnn2CC2=CCC(F)C=C2)=C(O)C1=O. The lowest BCUT2D eigenvalue weighted by Gasteiger charge is -2.12. The third-order valence-electron chi connectivity index (χ3n) is 3.91. The number of Topliss-reactive ketones (excluding diaryl/α,β-unsaturated/α-hetero) is 1. The van der Waals surface area contributed by atoms with Crippen LogP contribution < -0.4 is 0 Å². The second kappa shape index (κ2) is 5.83. The number of alkyl halides is 1. The van der Waals surface area contributed by atoms with E-state index in [1.165, 1.54) is 35.0 Å². The van der Waals surface area contributed by atoms with Gasteiger partial charge in [0.1, 0.15) is 11.9 Å². The van der Waals surface area contributed by atoms with E-state index in [0.29, 0.717) is 13.0 Å². The number of aliphatic hydroxyl groups excluding tert-OH is 1. The minimum Gasteiger partial charge on any atom is -0.503 e. The molecule has 1 N–H and O–H groups in total. The molecule has 0 aromatic carbocycles. The quantitative estimate of drug-likeness (QED) is 0.856. The van der Waals surface area contributed by atoms with Crippen molar-refractivity contribution in [2.24, 2.45) is 0 Å². The summed E-state index contributed by atoms with van der Waals surface area (Å²) in [5.74, 6) is -1.50. The zero-order valence-corrected chi connectivity index (χ0v) is 12.6. The normalized spacial score (nSPS) is 21.1. The van der Waals surface area contributed by atoms with E-state index in [0.717, 1.165) is 5.57 Å². The molecule has 6 nitrogen and oxygen atoms in total. The van der Waals surface area contributed by atoms with Crippen LogP contribution in [0, 0.1) is 0 Å². The molecule has 120 valence electrons. The largest absolute Gasteiger partial charge is 0.503 e. The van der Waals surface area contributed by atoms with Crippen LogP contribution in [0.15, 0.2) is 47.4 Å². The van der Waals surface area contributed by atoms with Crippen molar-refractivity contribution in [3.63, 3.8) is 0 Å². The Morgan fingerprint density at radius 3 is 2.91 bits per heavy atom. The molecule has 1 aromatic heterocycles. The highest BCUT2D eigenvalue weighted by atomic mass is 19.1. The van der Waals surface area contributed by atoms with Gasteiger partial charge in [0.05, 0.1) is 18.7 Å². The molecule has 23 heavy (non-hydrogen) atoms. The van der Waals surface area contributed by atoms with E-state index in [4.69, 9.17) is 0 Å². The van der Waals surface area contributed by atoms with E-state index in [1.54, 1.807) is 12.2 Å². The number of carbonyl (C=O) groups excluding carboxylic acids is 2. The molecule has 0 bridgehead atoms. The Morgan fingerprint density at radius 1 is 1.52 bits per heavy atom. The van der Waals surface area contributed by atoms with Crippen molar-refractivity contribution < 1.29 is 19.1 Å². The lowest BCUT2D eigenvalue weighted by Crippen LogP contribution is -2.22. The number of hydrogen-bond donors (Lipinski definition) is 1. The molecular formula is C16H16FN3O3. The molecule has 1 aliphatic carbocycles. The number of likely N-dealkylation sites (N-methyl/N-ethyl adjacent to an activating group) is 1. The lowest BCUT2D eigenvalue weighted by atomic mass is 10.1. The maximum atomic E-state index is 13.1. The third kappa shape index (κ3) is 2.81. The summed E-state index contributed by atoms with van der Waals surface area (Å²) in [7, 11) is 1.52. The van der Waals surface area contributed by atoms with Crippen molar-refractivity contribution >= 4 is 11.7 Å². The van der Waals surface area contributed by atoms with Gasteiger partial charge >= 0.3 is 0 Å². The van der Waals surface area contributed by atoms with Crippen LogP contribution in [0.4, 0.5) is 4.39 Å². The highest BCUT2D eigenvalue weighted by molar-refractivity contribution is 6.14. The number of carbonyl (C=O) groups is 2. The van der Waals surface area contributed by atoms with Gasteiger partial charge in [-0.3, -0.25) is 14.3 Å². The molecule has 3 rings (SSSR count). The predicted molar refractivity (Wildman–Crippen MR) is 80.6 cm³/mol. The number of aliphatic hydroxyl groups is 1. The van der Waals surface area contributed by atoms with E-state index in [-0.39, 0.29) is 17.8 Å². The van der Waals surface area contributed by atoms with Crippen LogP contribution in [-0.2, 0) is 11.3 Å². The van der Waals surface area contributed by atoms with Gasteiger partial charge in [0.2, 0.25) is 5.78 Å². The zero-order valence-electron chi connectivity index (χ0n) is 12.6. The summed E-state index contributed by atoms with van der Waals surface area (Å²) in [4.78, 5) is 25.5. The number of allylic oxidation sites excluding steroid dienone is 4. The molecule has 1 aromatic rings. The third-order valence-corrected chi connectivity index (χ3v) is 3.91. The van der Waals surface area contributed by atoms with Gasteiger partial charge < -0.3 is 10.0 Å². The molecule has 0 fully saturated rings. The number of amides is 1. The van der Waals surface area contributed by atoms with Crippen molar-refractivity contribution in [1.82, 2.24) is 14.7 Å². The molecule has 1 unspecified atom stereocenters. The molecular weight excluding hydrogens is 301 g/mol. The smallest absolute Gasteiger partial charge is 0.289 e. The van der Waals surface area contributed by atoms with E-state index in [2.05, 4.69) is 5.10 Å². The van der Waals surface area contributed by atoms with Crippen LogP contribution in [-0.4, -0.2) is 51.2 Å². The van der Waals surface area contributed by atoms with Crippen LogP contribution >= 0.6 is 0 Å². The highest BCUT2D eigenvalue weighted by Crippen LogP contribution is 2.21. The van der Waals surface area contributed by atoms with E-state index in [1.807, 2.05) is 0 Å². The van der Waals surface area contributed by atoms with Gasteiger partial charge in [0.15, 0.2) is 5.76 Å². The molecule has 0 saturated carbocycles. The summed E-state index contributed by atoms with van der Waals surface area (Å²) in [6.07, 6.45) is 5.73. The van der Waals surface area contributed by atoms with Gasteiger partial charge in [0, 0.05) is 19.7 Å². The van der Waals surface area contributed by atoms with E-state index < -0.39 is 23.6 Å². The van der Waals surface area contributed by atoms with Crippen molar-refractivity contribution in [3.8, 4) is 0 Å². The Balaban J connectivity index is 1.83. The minimum absolute atomic E-state index is 0.0660. The van der Waals surface area contributed by atoms with Crippen LogP contribution in [0.1, 0.15) is 16.9 Å². The summed E-state index contributed by atoms with van der Waals surface area (Å²) in [6.45, 7) is 0.399. The van der Waals surface area contributed by atoms with Crippen molar-refractivity contribution in [3.05, 3.63) is 53.1 Å². The first-order chi connectivity index (χ1) is 11.0. The Morgan fingerprint density at radius 2 is 2.30 bits per heavy atom. The topological polar surface area (TPSA) is 75.4 Å². The van der Waals surface area contributed by atoms with Gasteiger partial charge in [-0.1, -0.05) is 18.2 Å². The second-order valence-electron chi connectivity index (χ2n) is 5.58. The van der Waals surface area contributed by atoms with E-state index in [9.17, 15) is 19.1 Å². The number of hydrogen-bond acceptors (Lipinski definition) is 4. The predicted octanol–water partition coefficient (Wildman–Crippen LogP) is 1.57. The molecule has 0 spiro atoms. The van der Waals surface area contributed by atoms with Gasteiger partial charge in [-0.25, -0.2) is 4.39 Å². The Kier molecular flexibility index (Phi) is 3.85. The number of ketones is 1. The fourth-order valence-electron chi connectivity index (χ4n) is 2.61. The Labute approximate surface area is 132 Å². The average molecular weight is 317 g/mol. The molecule has 0 radical (unpaired) electrons. The van der Waals surface area contributed by atoms with Crippen LogP contribution in [0.3, 0.4) is 0 Å². The molecule has 7 heteroatoms. The maximum absolute atomic E-state index is 13.1. The van der Waals surface area contributed by atoms with Gasteiger partial charge in [-0.2, -0.15) is 5.10 Å². The second-order valence-corrected chi connectivity index (χ2v) is 5.58. The number of rotatable bonds is 4. The summed E-state index contributed by atoms with van der Waals surface area (Å²) in [6, 6.07) is 1.54. The number of halogens is 1. The van der Waals surface area contributed by atoms with Crippen LogP contribution in [0.25, 0.3) is 0 Å². The minimum atomic E-state index is -0.973. The Bertz CT molecular complexity index is 760. The fourth-order valence-corrected chi connectivity index (χ4v) is 2.61. The van der Waals surface area contributed by atoms with Gasteiger partial charge in [0.25, 0.3) is 5.91 Å². The van der Waals surface area contributed by atoms with Crippen LogP contribution in [0.2, 0.25) is 0 Å². The fraction of sp³-hybridized carbons (Fsp3) is 0.312. The van der Waals surface area contributed by atoms with E-state index >= 15 is 0 Å². The summed E-state index contributed by atoms with van der Waals surface area (Å²) in [5, 5.41) is 13.9. The summed E-state index contributed by atoms with van der Waals surface area (Å²) >= 11 is 0. The van der Waals surface area contributed by atoms with Gasteiger partial charge in [-0.15, -0.1) is 0 Å². The molecule has 1 atom stereocenters. The highest BCUT2D eigenvalue weighted by Gasteiger charge is 2.33. The van der Waals surface area contributed by atoms with Crippen molar-refractivity contribution in [2.75, 3.05) is 13.6 Å². The first-order valence-electron chi connectivity index (χ1n) is 7.22. The molecule has 0 saturated heterocycles. The number of nitrogens with zero attached hydrogens (tertiary/aromatic N) is 3. The van der Waals surface area contributed by atoms with Crippen LogP contribution in [0.5, 0.6) is 0 Å². The first-order valence-corrected chi connectivity index (χ1v) is 7.22. The Hall–Kier alpha value is -2.70.